The van der Waals surface area contributed by atoms with Crippen molar-refractivity contribution in [2.75, 3.05) is 25.5 Å². The zero-order valence-electron chi connectivity index (χ0n) is 15.0. The van der Waals surface area contributed by atoms with E-state index >= 15 is 0 Å². The summed E-state index contributed by atoms with van der Waals surface area (Å²) in [5.41, 5.74) is 2.78. The van der Waals surface area contributed by atoms with Crippen molar-refractivity contribution < 1.29 is 4.79 Å². The number of hydrogen-bond donors (Lipinski definition) is 1. The molecule has 2 atom stereocenters. The third-order valence-corrected chi connectivity index (χ3v) is 5.48. The predicted octanol–water partition coefficient (Wildman–Crippen LogP) is 2.78. The van der Waals surface area contributed by atoms with Gasteiger partial charge in [-0.05, 0) is 54.0 Å². The smallest absolute Gasteiger partial charge is 0.322 e. The molecule has 2 fully saturated rings. The van der Waals surface area contributed by atoms with Gasteiger partial charge in [-0.1, -0.05) is 0 Å². The maximum atomic E-state index is 12.7. The molecule has 3 heterocycles. The molecule has 1 aromatic rings. The van der Waals surface area contributed by atoms with E-state index in [0.29, 0.717) is 18.1 Å². The minimum atomic E-state index is 0.0143. The lowest BCUT2D eigenvalue weighted by atomic mass is 10.1. The van der Waals surface area contributed by atoms with E-state index in [4.69, 9.17) is 0 Å². The second kappa shape index (κ2) is 6.15. The Morgan fingerprint density at radius 3 is 2.57 bits per heavy atom. The topological polar surface area (TPSA) is 53.4 Å². The van der Waals surface area contributed by atoms with E-state index in [-0.39, 0.29) is 6.03 Å². The van der Waals surface area contributed by atoms with Gasteiger partial charge < -0.3 is 10.2 Å². The van der Waals surface area contributed by atoms with Crippen LogP contribution in [0.4, 0.5) is 10.5 Å². The number of hydrogen-bond acceptors (Lipinski definition) is 3. The van der Waals surface area contributed by atoms with Crippen LogP contribution in [0.15, 0.2) is 0 Å². The molecule has 0 saturated carbocycles. The first-order chi connectivity index (χ1) is 10.9. The number of carbonyl (C=O) groups is 1. The number of amides is 2. The summed E-state index contributed by atoms with van der Waals surface area (Å²) in [7, 11) is 2.20. The summed E-state index contributed by atoms with van der Waals surface area (Å²) in [6, 6.07) is 1.46. The van der Waals surface area contributed by atoms with Crippen molar-refractivity contribution in [2.24, 2.45) is 0 Å². The maximum Gasteiger partial charge on any atom is 0.322 e. The molecule has 128 valence electrons. The minimum Gasteiger partial charge on any atom is -0.323 e. The van der Waals surface area contributed by atoms with Crippen molar-refractivity contribution in [1.29, 1.82) is 0 Å². The van der Waals surface area contributed by atoms with Crippen LogP contribution in [0.5, 0.6) is 0 Å². The number of fused-ring (bicyclic) bond motifs is 2. The van der Waals surface area contributed by atoms with Gasteiger partial charge in [0.15, 0.2) is 0 Å². The fourth-order valence-corrected chi connectivity index (χ4v) is 4.03. The lowest BCUT2D eigenvalue weighted by Crippen LogP contribution is -2.41. The van der Waals surface area contributed by atoms with E-state index in [1.807, 2.05) is 23.4 Å². The van der Waals surface area contributed by atoms with E-state index < -0.39 is 0 Å². The highest BCUT2D eigenvalue weighted by Gasteiger charge is 2.36. The third kappa shape index (κ3) is 2.96. The van der Waals surface area contributed by atoms with Crippen LogP contribution < -0.4 is 5.32 Å². The Morgan fingerprint density at radius 2 is 1.91 bits per heavy atom. The van der Waals surface area contributed by atoms with Crippen LogP contribution in [-0.4, -0.2) is 57.8 Å². The van der Waals surface area contributed by atoms with Gasteiger partial charge in [0, 0.05) is 31.2 Å². The summed E-state index contributed by atoms with van der Waals surface area (Å²) >= 11 is 0. The maximum absolute atomic E-state index is 12.7. The number of likely N-dealkylation sites (tertiary alicyclic amines) is 1. The zero-order valence-corrected chi connectivity index (χ0v) is 15.0. The Kier molecular flexibility index (Phi) is 4.36. The second-order valence-corrected chi connectivity index (χ2v) is 7.30. The first-order valence-corrected chi connectivity index (χ1v) is 8.72. The summed E-state index contributed by atoms with van der Waals surface area (Å²) in [5, 5.41) is 7.66. The van der Waals surface area contributed by atoms with Gasteiger partial charge in [0.05, 0.1) is 17.1 Å². The van der Waals surface area contributed by atoms with Gasteiger partial charge in [-0.3, -0.25) is 9.58 Å². The Hall–Kier alpha value is -1.56. The number of nitrogens with zero attached hydrogens (tertiary/aromatic N) is 4. The zero-order chi connectivity index (χ0) is 16.7. The molecule has 23 heavy (non-hydrogen) atoms. The molecule has 0 aliphatic carbocycles. The van der Waals surface area contributed by atoms with Gasteiger partial charge >= 0.3 is 6.03 Å². The van der Waals surface area contributed by atoms with Crippen molar-refractivity contribution in [3.63, 3.8) is 0 Å². The summed E-state index contributed by atoms with van der Waals surface area (Å²) in [6.45, 7) is 9.86. The number of rotatable bonds is 2. The molecule has 2 bridgehead atoms. The largest absolute Gasteiger partial charge is 0.323 e. The molecule has 6 nitrogen and oxygen atoms in total. The highest BCUT2D eigenvalue weighted by molar-refractivity contribution is 5.90. The Bertz CT molecular complexity index is 594. The molecule has 2 aliphatic heterocycles. The fraction of sp³-hybridized carbons (Fsp3) is 0.765. The number of urea groups is 1. The predicted molar refractivity (Wildman–Crippen MR) is 91.9 cm³/mol. The van der Waals surface area contributed by atoms with Crippen LogP contribution in [0.3, 0.4) is 0 Å². The number of aryl methyl sites for hydroxylation is 1. The van der Waals surface area contributed by atoms with E-state index in [1.54, 1.807) is 0 Å². The average Bonchev–Trinajstić information content (AvgIpc) is 2.89. The van der Waals surface area contributed by atoms with Crippen LogP contribution in [0.25, 0.3) is 0 Å². The number of aromatic nitrogens is 2. The van der Waals surface area contributed by atoms with Crippen LogP contribution in [0, 0.1) is 13.8 Å². The van der Waals surface area contributed by atoms with Crippen molar-refractivity contribution >= 4 is 11.7 Å². The molecule has 2 aliphatic rings. The van der Waals surface area contributed by atoms with Crippen molar-refractivity contribution in [2.45, 2.75) is 65.1 Å². The molecule has 0 aromatic carbocycles. The molecule has 0 unspecified atom stereocenters. The monoisotopic (exact) mass is 319 g/mol. The van der Waals surface area contributed by atoms with Gasteiger partial charge in [0.2, 0.25) is 0 Å². The van der Waals surface area contributed by atoms with E-state index in [9.17, 15) is 4.79 Å². The summed E-state index contributed by atoms with van der Waals surface area (Å²) in [4.78, 5) is 17.2. The van der Waals surface area contributed by atoms with Gasteiger partial charge in [0.25, 0.3) is 0 Å². The molecular weight excluding hydrogens is 290 g/mol. The average molecular weight is 319 g/mol. The molecule has 2 amide bonds. The third-order valence-electron chi connectivity index (χ3n) is 5.48. The lowest BCUT2D eigenvalue weighted by Gasteiger charge is -2.26. The van der Waals surface area contributed by atoms with Crippen LogP contribution in [0.1, 0.15) is 50.5 Å². The molecule has 3 rings (SSSR count). The molecule has 1 aromatic heterocycles. The van der Waals surface area contributed by atoms with Crippen LogP contribution in [-0.2, 0) is 0 Å². The van der Waals surface area contributed by atoms with E-state index in [2.05, 4.69) is 36.2 Å². The van der Waals surface area contributed by atoms with Gasteiger partial charge in [-0.15, -0.1) is 0 Å². The number of likely N-dealkylation sites (N-methyl/N-ethyl adjacent to an activating group) is 1. The van der Waals surface area contributed by atoms with Crippen molar-refractivity contribution in [1.82, 2.24) is 19.6 Å². The first-order valence-electron chi connectivity index (χ1n) is 8.72. The Labute approximate surface area is 138 Å². The highest BCUT2D eigenvalue weighted by atomic mass is 16.2. The summed E-state index contributed by atoms with van der Waals surface area (Å²) in [5.74, 6) is 0. The standard InChI is InChI=1S/C17H29N5O/c1-11(2)22-13(4)16(12(3)19-22)18-17(23)21-9-8-14-6-7-15(10-21)20(14)5/h11,14-15H,6-10H2,1-5H3,(H,18,23)/t14-,15+/m1/s1. The normalized spacial score (nSPS) is 25.0. The van der Waals surface area contributed by atoms with E-state index in [1.165, 1.54) is 12.8 Å². The summed E-state index contributed by atoms with van der Waals surface area (Å²) in [6.07, 6.45) is 3.55. The second-order valence-electron chi connectivity index (χ2n) is 7.30. The van der Waals surface area contributed by atoms with Crippen LogP contribution >= 0.6 is 0 Å². The van der Waals surface area contributed by atoms with E-state index in [0.717, 1.165) is 36.6 Å². The Balaban J connectivity index is 1.72. The highest BCUT2D eigenvalue weighted by Crippen LogP contribution is 2.29. The minimum absolute atomic E-state index is 0.0143. The van der Waals surface area contributed by atoms with Gasteiger partial charge in [-0.25, -0.2) is 4.79 Å². The molecule has 6 heteroatoms. The molecule has 0 spiro atoms. The first kappa shape index (κ1) is 16.3. The molecule has 0 radical (unpaired) electrons. The van der Waals surface area contributed by atoms with Crippen LogP contribution in [0.2, 0.25) is 0 Å². The van der Waals surface area contributed by atoms with Gasteiger partial charge in [0.1, 0.15) is 0 Å². The number of carbonyl (C=O) groups excluding carboxylic acids is 1. The molecule has 1 N–H and O–H groups in total. The number of anilines is 1. The van der Waals surface area contributed by atoms with Crippen molar-refractivity contribution in [3.8, 4) is 0 Å². The fourth-order valence-electron chi connectivity index (χ4n) is 4.03. The summed E-state index contributed by atoms with van der Waals surface area (Å²) < 4.78 is 1.98. The van der Waals surface area contributed by atoms with Gasteiger partial charge in [-0.2, -0.15) is 5.10 Å². The Morgan fingerprint density at radius 1 is 1.22 bits per heavy atom. The van der Waals surface area contributed by atoms with Crippen molar-refractivity contribution in [3.05, 3.63) is 11.4 Å². The lowest BCUT2D eigenvalue weighted by molar-refractivity contribution is 0.200. The number of nitrogens with one attached hydrogen (secondary N) is 1. The SMILES string of the molecule is Cc1nn(C(C)C)c(C)c1NC(=O)N1CC[C@H]2CC[C@@H](C1)N2C. The quantitative estimate of drug-likeness (QED) is 0.912. The molecular formula is C17H29N5O. The molecule has 2 saturated heterocycles.